The Morgan fingerprint density at radius 2 is 2.08 bits per heavy atom. The molecule has 1 aromatic carbocycles. The molecule has 13 heavy (non-hydrogen) atoms. The van der Waals surface area contributed by atoms with E-state index in [4.69, 9.17) is 11.6 Å². The fraction of sp³-hybridized carbons (Fsp3) is 0.333. The number of phenols is 1. The Morgan fingerprint density at radius 1 is 1.38 bits per heavy atom. The number of phenolic OH excluding ortho intramolecular Hbond substituents is 1. The van der Waals surface area contributed by atoms with Gasteiger partial charge in [-0.3, -0.25) is 0 Å². The zero-order chi connectivity index (χ0) is 9.47. The van der Waals surface area contributed by atoms with Crippen LogP contribution in [0.4, 0.5) is 0 Å². The molecule has 0 aliphatic carbocycles. The molecule has 2 rings (SSSR count). The van der Waals surface area contributed by atoms with Crippen molar-refractivity contribution >= 4 is 11.6 Å². The Bertz CT molecular complexity index is 336. The largest absolute Gasteiger partial charge is 0.508 e. The second-order valence-corrected chi connectivity index (χ2v) is 3.73. The summed E-state index contributed by atoms with van der Waals surface area (Å²) in [7, 11) is 0. The van der Waals surface area contributed by atoms with E-state index in [1.807, 2.05) is 0 Å². The SMILES string of the molecule is Oc1cc(Cl)ccc1C1(O)CNC1. The third-order valence-corrected chi connectivity index (χ3v) is 2.53. The van der Waals surface area contributed by atoms with Crippen LogP contribution in [0.2, 0.25) is 5.02 Å². The number of halogens is 1. The molecular formula is C9H10ClNO2. The number of aromatic hydroxyl groups is 1. The molecule has 3 N–H and O–H groups in total. The molecule has 4 heteroatoms. The maximum atomic E-state index is 9.89. The Labute approximate surface area is 81.0 Å². The highest BCUT2D eigenvalue weighted by Gasteiger charge is 2.38. The summed E-state index contributed by atoms with van der Waals surface area (Å²) >= 11 is 5.67. The van der Waals surface area contributed by atoms with Crippen LogP contribution < -0.4 is 5.32 Å². The first kappa shape index (κ1) is 8.81. The molecular weight excluding hydrogens is 190 g/mol. The summed E-state index contributed by atoms with van der Waals surface area (Å²) < 4.78 is 0. The predicted molar refractivity (Wildman–Crippen MR) is 49.9 cm³/mol. The van der Waals surface area contributed by atoms with E-state index in [1.54, 1.807) is 12.1 Å². The molecule has 1 aliphatic rings. The van der Waals surface area contributed by atoms with E-state index in [2.05, 4.69) is 5.32 Å². The van der Waals surface area contributed by atoms with Crippen LogP contribution in [0.15, 0.2) is 18.2 Å². The third-order valence-electron chi connectivity index (χ3n) is 2.30. The smallest absolute Gasteiger partial charge is 0.123 e. The van der Waals surface area contributed by atoms with Gasteiger partial charge in [0.15, 0.2) is 0 Å². The number of β-amino-alcohol motifs (C(OH)–C–C–N with tert-alkyl or cyclic N) is 1. The molecule has 0 unspecified atom stereocenters. The summed E-state index contributed by atoms with van der Waals surface area (Å²) in [6.07, 6.45) is 0. The molecule has 1 fully saturated rings. The Hall–Kier alpha value is -0.770. The van der Waals surface area contributed by atoms with Crippen LogP contribution in [0, 0.1) is 0 Å². The summed E-state index contributed by atoms with van der Waals surface area (Å²) in [5.74, 6) is 0.0523. The van der Waals surface area contributed by atoms with Crippen LogP contribution in [-0.4, -0.2) is 23.3 Å². The molecule has 0 atom stereocenters. The zero-order valence-corrected chi connectivity index (χ0v) is 7.67. The van der Waals surface area contributed by atoms with Crippen molar-refractivity contribution in [2.75, 3.05) is 13.1 Å². The lowest BCUT2D eigenvalue weighted by Crippen LogP contribution is -2.56. The quantitative estimate of drug-likeness (QED) is 0.628. The number of rotatable bonds is 1. The lowest BCUT2D eigenvalue weighted by Gasteiger charge is -2.38. The molecule has 0 bridgehead atoms. The zero-order valence-electron chi connectivity index (χ0n) is 6.92. The van der Waals surface area contributed by atoms with Gasteiger partial charge >= 0.3 is 0 Å². The van der Waals surface area contributed by atoms with Crippen LogP contribution in [0.3, 0.4) is 0 Å². The van der Waals surface area contributed by atoms with Gasteiger partial charge in [0.2, 0.25) is 0 Å². The van der Waals surface area contributed by atoms with E-state index in [-0.39, 0.29) is 5.75 Å². The number of hydrogen-bond donors (Lipinski definition) is 3. The first-order chi connectivity index (χ1) is 6.12. The molecule has 0 amide bonds. The minimum Gasteiger partial charge on any atom is -0.508 e. The molecule has 1 heterocycles. The van der Waals surface area contributed by atoms with E-state index in [0.717, 1.165) is 0 Å². The lowest BCUT2D eigenvalue weighted by molar-refractivity contribution is -0.0164. The van der Waals surface area contributed by atoms with Gasteiger partial charge in [0.05, 0.1) is 0 Å². The Kier molecular flexibility index (Phi) is 1.95. The van der Waals surface area contributed by atoms with Crippen molar-refractivity contribution in [3.8, 4) is 5.75 Å². The van der Waals surface area contributed by atoms with E-state index in [1.165, 1.54) is 6.07 Å². The maximum Gasteiger partial charge on any atom is 0.123 e. The average molecular weight is 200 g/mol. The summed E-state index contributed by atoms with van der Waals surface area (Å²) in [6, 6.07) is 4.75. The third kappa shape index (κ3) is 1.39. The van der Waals surface area contributed by atoms with Gasteiger partial charge in [0, 0.05) is 23.7 Å². The van der Waals surface area contributed by atoms with Gasteiger partial charge in [0.25, 0.3) is 0 Å². The van der Waals surface area contributed by atoms with E-state index in [9.17, 15) is 10.2 Å². The Balaban J connectivity index is 2.40. The molecule has 0 spiro atoms. The van der Waals surface area contributed by atoms with Crippen molar-refractivity contribution in [1.82, 2.24) is 5.32 Å². The molecule has 1 aliphatic heterocycles. The first-order valence-corrected chi connectivity index (χ1v) is 4.42. The lowest BCUT2D eigenvalue weighted by atomic mass is 9.88. The summed E-state index contributed by atoms with van der Waals surface area (Å²) in [4.78, 5) is 0. The number of nitrogens with one attached hydrogen (secondary N) is 1. The first-order valence-electron chi connectivity index (χ1n) is 4.04. The van der Waals surface area contributed by atoms with Gasteiger partial charge < -0.3 is 15.5 Å². The minimum absolute atomic E-state index is 0.0523. The van der Waals surface area contributed by atoms with Crippen molar-refractivity contribution in [2.24, 2.45) is 0 Å². The highest BCUT2D eigenvalue weighted by atomic mass is 35.5. The topological polar surface area (TPSA) is 52.5 Å². The van der Waals surface area contributed by atoms with Crippen molar-refractivity contribution < 1.29 is 10.2 Å². The fourth-order valence-electron chi connectivity index (χ4n) is 1.45. The second-order valence-electron chi connectivity index (χ2n) is 3.30. The van der Waals surface area contributed by atoms with Crippen LogP contribution in [-0.2, 0) is 5.60 Å². The van der Waals surface area contributed by atoms with E-state index < -0.39 is 5.60 Å². The van der Waals surface area contributed by atoms with Crippen LogP contribution in [0.25, 0.3) is 0 Å². The summed E-state index contributed by atoms with van der Waals surface area (Å²) in [5, 5.41) is 22.8. The maximum absolute atomic E-state index is 9.89. The normalized spacial score (nSPS) is 19.5. The minimum atomic E-state index is -0.922. The number of aliphatic hydroxyl groups is 1. The van der Waals surface area contributed by atoms with Crippen LogP contribution in [0.1, 0.15) is 5.56 Å². The molecule has 0 aromatic heterocycles. The Morgan fingerprint density at radius 3 is 2.54 bits per heavy atom. The molecule has 1 saturated heterocycles. The van der Waals surface area contributed by atoms with Gasteiger partial charge in [-0.25, -0.2) is 0 Å². The van der Waals surface area contributed by atoms with Gasteiger partial charge in [-0.2, -0.15) is 0 Å². The standard InChI is InChI=1S/C9H10ClNO2/c10-6-1-2-7(8(12)3-6)9(13)4-11-5-9/h1-3,11-13H,4-5H2. The van der Waals surface area contributed by atoms with Gasteiger partial charge in [-0.15, -0.1) is 0 Å². The molecule has 1 aromatic rings. The highest BCUT2D eigenvalue weighted by molar-refractivity contribution is 6.30. The van der Waals surface area contributed by atoms with Gasteiger partial charge in [0.1, 0.15) is 11.4 Å². The van der Waals surface area contributed by atoms with Crippen molar-refractivity contribution in [2.45, 2.75) is 5.60 Å². The van der Waals surface area contributed by atoms with Crippen molar-refractivity contribution in [3.05, 3.63) is 28.8 Å². The van der Waals surface area contributed by atoms with Gasteiger partial charge in [-0.1, -0.05) is 17.7 Å². The highest BCUT2D eigenvalue weighted by Crippen LogP contribution is 2.33. The van der Waals surface area contributed by atoms with Gasteiger partial charge in [-0.05, 0) is 12.1 Å². The molecule has 0 radical (unpaired) electrons. The predicted octanol–water partition coefficient (Wildman–Crippen LogP) is 0.836. The molecule has 3 nitrogen and oxygen atoms in total. The number of hydrogen-bond acceptors (Lipinski definition) is 3. The fourth-order valence-corrected chi connectivity index (χ4v) is 1.62. The van der Waals surface area contributed by atoms with E-state index in [0.29, 0.717) is 23.7 Å². The van der Waals surface area contributed by atoms with Crippen LogP contribution >= 0.6 is 11.6 Å². The van der Waals surface area contributed by atoms with Crippen molar-refractivity contribution in [3.63, 3.8) is 0 Å². The molecule has 0 saturated carbocycles. The summed E-state index contributed by atoms with van der Waals surface area (Å²) in [6.45, 7) is 0.949. The average Bonchev–Trinajstić information content (AvgIpc) is 2.00. The molecule has 70 valence electrons. The van der Waals surface area contributed by atoms with Crippen molar-refractivity contribution in [1.29, 1.82) is 0 Å². The number of benzene rings is 1. The monoisotopic (exact) mass is 199 g/mol. The van der Waals surface area contributed by atoms with E-state index >= 15 is 0 Å². The second kappa shape index (κ2) is 2.87. The summed E-state index contributed by atoms with van der Waals surface area (Å²) in [5.41, 5.74) is -0.384. The van der Waals surface area contributed by atoms with Crippen LogP contribution in [0.5, 0.6) is 5.75 Å².